The van der Waals surface area contributed by atoms with Gasteiger partial charge < -0.3 is 10.3 Å². The van der Waals surface area contributed by atoms with Crippen molar-refractivity contribution in [3.05, 3.63) is 71.9 Å². The van der Waals surface area contributed by atoms with Crippen molar-refractivity contribution in [2.75, 3.05) is 5.32 Å². The molecule has 2 N–H and O–H groups in total. The number of para-hydroxylation sites is 3. The first-order chi connectivity index (χ1) is 12.6. The molecule has 0 fully saturated rings. The number of fused-ring (bicyclic) bond motifs is 1. The number of hydrogen-bond acceptors (Lipinski definition) is 3. The first-order valence-corrected chi connectivity index (χ1v) is 8.46. The minimum absolute atomic E-state index is 0.0725. The van der Waals surface area contributed by atoms with E-state index in [1.807, 2.05) is 68.6 Å². The normalized spacial score (nSPS) is 11.0. The highest BCUT2D eigenvalue weighted by Crippen LogP contribution is 2.22. The Morgan fingerprint density at radius 3 is 2.69 bits per heavy atom. The van der Waals surface area contributed by atoms with Gasteiger partial charge in [0.1, 0.15) is 11.6 Å². The summed E-state index contributed by atoms with van der Waals surface area (Å²) >= 11 is 0. The van der Waals surface area contributed by atoms with E-state index >= 15 is 0 Å². The van der Waals surface area contributed by atoms with Gasteiger partial charge in [0.15, 0.2) is 0 Å². The zero-order chi connectivity index (χ0) is 18.1. The van der Waals surface area contributed by atoms with Crippen LogP contribution in [0.15, 0.2) is 54.7 Å². The van der Waals surface area contributed by atoms with E-state index in [1.165, 1.54) is 0 Å². The maximum absolute atomic E-state index is 12.6. The Balaban J connectivity index is 1.60. The topological polar surface area (TPSA) is 75.6 Å². The number of aromatic nitrogens is 4. The van der Waals surface area contributed by atoms with Crippen molar-refractivity contribution in [1.82, 2.24) is 19.7 Å². The van der Waals surface area contributed by atoms with Gasteiger partial charge in [0.05, 0.1) is 17.8 Å². The molecule has 4 rings (SSSR count). The Hall–Kier alpha value is -3.41. The number of aromatic amines is 1. The quantitative estimate of drug-likeness (QED) is 0.594. The molecule has 0 aliphatic carbocycles. The Morgan fingerprint density at radius 1 is 1.12 bits per heavy atom. The Labute approximate surface area is 150 Å². The summed E-state index contributed by atoms with van der Waals surface area (Å²) in [5.74, 6) is 1.40. The second kappa shape index (κ2) is 6.48. The van der Waals surface area contributed by atoms with E-state index in [9.17, 15) is 4.79 Å². The summed E-state index contributed by atoms with van der Waals surface area (Å²) < 4.78 is 1.75. The lowest BCUT2D eigenvalue weighted by molar-refractivity contribution is -0.115. The van der Waals surface area contributed by atoms with Crippen LogP contribution in [0, 0.1) is 13.8 Å². The monoisotopic (exact) mass is 345 g/mol. The van der Waals surface area contributed by atoms with Crippen LogP contribution in [0.25, 0.3) is 16.6 Å². The smallest absolute Gasteiger partial charge is 0.228 e. The average molecular weight is 345 g/mol. The minimum Gasteiger partial charge on any atom is -0.361 e. The number of carbonyl (C=O) groups is 1. The molecule has 0 radical (unpaired) electrons. The zero-order valence-corrected chi connectivity index (χ0v) is 14.7. The highest BCUT2D eigenvalue weighted by molar-refractivity contribution is 5.97. The Kier molecular flexibility index (Phi) is 4.01. The van der Waals surface area contributed by atoms with Crippen molar-refractivity contribution >= 4 is 22.5 Å². The van der Waals surface area contributed by atoms with Gasteiger partial charge in [-0.05, 0) is 37.6 Å². The number of hydrogen-bond donors (Lipinski definition) is 2. The van der Waals surface area contributed by atoms with Crippen LogP contribution in [-0.4, -0.2) is 25.7 Å². The fourth-order valence-electron chi connectivity index (χ4n) is 3.16. The van der Waals surface area contributed by atoms with Crippen molar-refractivity contribution in [2.24, 2.45) is 0 Å². The number of anilines is 1. The lowest BCUT2D eigenvalue weighted by Crippen LogP contribution is -2.16. The number of nitrogens with zero attached hydrogens (tertiary/aromatic N) is 3. The average Bonchev–Trinajstić information content (AvgIpc) is 3.18. The third-order valence-corrected chi connectivity index (χ3v) is 4.31. The number of aryl methyl sites for hydroxylation is 2. The highest BCUT2D eigenvalue weighted by Gasteiger charge is 2.13. The molecule has 4 aromatic rings. The van der Waals surface area contributed by atoms with Gasteiger partial charge in [-0.1, -0.05) is 30.3 Å². The molecular formula is C20H19N5O. The first kappa shape index (κ1) is 16.1. The van der Waals surface area contributed by atoms with E-state index < -0.39 is 0 Å². The number of carbonyl (C=O) groups excluding carboxylic acids is 1. The fraction of sp³-hybridized carbons (Fsp3) is 0.150. The first-order valence-electron chi connectivity index (χ1n) is 8.46. The van der Waals surface area contributed by atoms with Crippen LogP contribution in [-0.2, 0) is 11.2 Å². The molecule has 130 valence electrons. The lowest BCUT2D eigenvalue weighted by Gasteiger charge is -2.11. The summed E-state index contributed by atoms with van der Waals surface area (Å²) in [6.07, 6.45) is 2.19. The van der Waals surface area contributed by atoms with Crippen molar-refractivity contribution in [1.29, 1.82) is 0 Å². The molecule has 0 unspecified atom stereocenters. The van der Waals surface area contributed by atoms with Gasteiger partial charge in [-0.15, -0.1) is 0 Å². The molecule has 6 heteroatoms. The van der Waals surface area contributed by atoms with Gasteiger partial charge in [0.2, 0.25) is 5.91 Å². The maximum atomic E-state index is 12.6. The van der Waals surface area contributed by atoms with Crippen LogP contribution in [0.2, 0.25) is 0 Å². The fourth-order valence-corrected chi connectivity index (χ4v) is 3.16. The van der Waals surface area contributed by atoms with Crippen molar-refractivity contribution in [3.8, 4) is 5.69 Å². The molecule has 2 aromatic carbocycles. The molecule has 1 amide bonds. The molecule has 2 aromatic heterocycles. The molecular weight excluding hydrogens is 326 g/mol. The predicted molar refractivity (Wildman–Crippen MR) is 101 cm³/mol. The van der Waals surface area contributed by atoms with Gasteiger partial charge in [0.25, 0.3) is 0 Å². The molecule has 0 atom stereocenters. The van der Waals surface area contributed by atoms with Gasteiger partial charge in [-0.3, -0.25) is 4.79 Å². The van der Waals surface area contributed by atoms with E-state index in [2.05, 4.69) is 20.4 Å². The van der Waals surface area contributed by atoms with Gasteiger partial charge in [0, 0.05) is 17.1 Å². The van der Waals surface area contributed by atoms with Crippen LogP contribution in [0.3, 0.4) is 0 Å². The third-order valence-electron chi connectivity index (χ3n) is 4.31. The number of rotatable bonds is 4. The summed E-state index contributed by atoms with van der Waals surface area (Å²) in [6, 6.07) is 15.6. The summed E-state index contributed by atoms with van der Waals surface area (Å²) in [5.41, 5.74) is 3.52. The number of nitrogens with one attached hydrogen (secondary N) is 2. The second-order valence-corrected chi connectivity index (χ2v) is 6.22. The number of amides is 1. The number of H-pyrrole nitrogens is 1. The predicted octanol–water partition coefficient (Wildman–Crippen LogP) is 3.55. The van der Waals surface area contributed by atoms with E-state index in [0.717, 1.165) is 28.0 Å². The molecule has 0 aliphatic rings. The van der Waals surface area contributed by atoms with Crippen molar-refractivity contribution in [2.45, 2.75) is 20.3 Å². The van der Waals surface area contributed by atoms with Crippen LogP contribution < -0.4 is 5.32 Å². The summed E-state index contributed by atoms with van der Waals surface area (Å²) in [5, 5.41) is 8.49. The van der Waals surface area contributed by atoms with E-state index in [-0.39, 0.29) is 5.91 Å². The zero-order valence-electron chi connectivity index (χ0n) is 14.7. The van der Waals surface area contributed by atoms with Crippen LogP contribution >= 0.6 is 0 Å². The van der Waals surface area contributed by atoms with Crippen molar-refractivity contribution in [3.63, 3.8) is 0 Å². The van der Waals surface area contributed by atoms with Crippen LogP contribution in [0.1, 0.15) is 17.2 Å². The molecule has 0 spiro atoms. The molecule has 26 heavy (non-hydrogen) atoms. The Bertz CT molecular complexity index is 1090. The minimum atomic E-state index is -0.0725. The van der Waals surface area contributed by atoms with Crippen LogP contribution in [0.5, 0.6) is 0 Å². The molecule has 0 bridgehead atoms. The van der Waals surface area contributed by atoms with Gasteiger partial charge in [-0.2, -0.15) is 5.10 Å². The van der Waals surface area contributed by atoms with Gasteiger partial charge in [-0.25, -0.2) is 9.67 Å². The SMILES string of the molecule is Cc1nc(C)n(-c2ccccc2NC(=O)Cc2c[nH]c3ccccc23)n1. The Morgan fingerprint density at radius 2 is 1.88 bits per heavy atom. The summed E-state index contributed by atoms with van der Waals surface area (Å²) in [4.78, 5) is 20.2. The largest absolute Gasteiger partial charge is 0.361 e. The molecule has 2 heterocycles. The van der Waals surface area contributed by atoms with Crippen molar-refractivity contribution < 1.29 is 4.79 Å². The maximum Gasteiger partial charge on any atom is 0.228 e. The molecule has 0 aliphatic heterocycles. The third kappa shape index (κ3) is 2.97. The highest BCUT2D eigenvalue weighted by atomic mass is 16.1. The molecule has 0 saturated heterocycles. The van der Waals surface area contributed by atoms with E-state index in [0.29, 0.717) is 17.9 Å². The standard InChI is InChI=1S/C20H19N5O/c1-13-22-14(2)25(24-13)19-10-6-5-9-18(19)23-20(26)11-15-12-21-17-8-4-3-7-16(15)17/h3-10,12,21H,11H2,1-2H3,(H,23,26). The van der Waals surface area contributed by atoms with Crippen LogP contribution in [0.4, 0.5) is 5.69 Å². The second-order valence-electron chi connectivity index (χ2n) is 6.22. The van der Waals surface area contributed by atoms with E-state index in [4.69, 9.17) is 0 Å². The number of benzene rings is 2. The summed E-state index contributed by atoms with van der Waals surface area (Å²) in [6.45, 7) is 3.74. The lowest BCUT2D eigenvalue weighted by atomic mass is 10.1. The van der Waals surface area contributed by atoms with Gasteiger partial charge >= 0.3 is 0 Å². The summed E-state index contributed by atoms with van der Waals surface area (Å²) in [7, 11) is 0. The molecule has 0 saturated carbocycles. The van der Waals surface area contributed by atoms with E-state index in [1.54, 1.807) is 4.68 Å². The molecule has 6 nitrogen and oxygen atoms in total.